The number of nitrogens with zero attached hydrogens (tertiary/aromatic N) is 1. The molecule has 0 aliphatic carbocycles. The van der Waals surface area contributed by atoms with Gasteiger partial charge in [0.2, 0.25) is 0 Å². The second kappa shape index (κ2) is 7.86. The Morgan fingerprint density at radius 1 is 1.30 bits per heavy atom. The van der Waals surface area contributed by atoms with Crippen LogP contribution in [0.3, 0.4) is 0 Å². The van der Waals surface area contributed by atoms with E-state index in [0.717, 1.165) is 4.88 Å². The number of carbonyl (C=O) groups is 2. The van der Waals surface area contributed by atoms with Crippen LogP contribution in [0.15, 0.2) is 41.3 Å². The third-order valence-electron chi connectivity index (χ3n) is 3.14. The lowest BCUT2D eigenvalue weighted by Crippen LogP contribution is -2.26. The standard InChI is InChI=1S/C16H16ClNO3S2/c1-10(16(20)21)22-13-6-4-3-5-12(13)15(19)18(2)9-11-7-8-14(17)23-11/h3-8,10H,9H2,1-2H3,(H,20,21). The Hall–Kier alpha value is -1.50. The first kappa shape index (κ1) is 17.8. The van der Waals surface area contributed by atoms with E-state index in [4.69, 9.17) is 16.7 Å². The van der Waals surface area contributed by atoms with Crippen LogP contribution in [0.4, 0.5) is 0 Å². The third-order valence-corrected chi connectivity index (χ3v) is 5.52. The van der Waals surface area contributed by atoms with E-state index in [1.165, 1.54) is 23.1 Å². The summed E-state index contributed by atoms with van der Waals surface area (Å²) in [5.41, 5.74) is 0.510. The zero-order valence-electron chi connectivity index (χ0n) is 12.7. The van der Waals surface area contributed by atoms with Crippen molar-refractivity contribution in [2.24, 2.45) is 0 Å². The molecular formula is C16H16ClNO3S2. The molecule has 0 bridgehead atoms. The van der Waals surface area contributed by atoms with Crippen molar-refractivity contribution in [1.29, 1.82) is 0 Å². The van der Waals surface area contributed by atoms with E-state index < -0.39 is 11.2 Å². The van der Waals surface area contributed by atoms with E-state index in [9.17, 15) is 9.59 Å². The molecule has 1 unspecified atom stereocenters. The minimum Gasteiger partial charge on any atom is -0.480 e. The van der Waals surface area contributed by atoms with Gasteiger partial charge in [0.05, 0.1) is 16.4 Å². The van der Waals surface area contributed by atoms with Gasteiger partial charge in [0.15, 0.2) is 0 Å². The molecule has 2 rings (SSSR count). The third kappa shape index (κ3) is 4.73. The predicted molar refractivity (Wildman–Crippen MR) is 94.5 cm³/mol. The fourth-order valence-electron chi connectivity index (χ4n) is 1.93. The topological polar surface area (TPSA) is 57.6 Å². The number of thioether (sulfide) groups is 1. The minimum absolute atomic E-state index is 0.143. The number of aliphatic carboxylic acids is 1. The second-order valence-corrected chi connectivity index (χ2v) is 8.14. The largest absolute Gasteiger partial charge is 0.480 e. The summed E-state index contributed by atoms with van der Waals surface area (Å²) in [4.78, 5) is 27.0. The maximum Gasteiger partial charge on any atom is 0.316 e. The van der Waals surface area contributed by atoms with Crippen LogP contribution < -0.4 is 0 Å². The summed E-state index contributed by atoms with van der Waals surface area (Å²) in [6.45, 7) is 2.06. The SMILES string of the molecule is CC(Sc1ccccc1C(=O)N(C)Cc1ccc(Cl)s1)C(=O)O. The predicted octanol–water partition coefficient (Wildman–Crippen LogP) is 4.24. The van der Waals surface area contributed by atoms with E-state index in [1.807, 2.05) is 6.07 Å². The van der Waals surface area contributed by atoms with Gasteiger partial charge in [-0.2, -0.15) is 0 Å². The van der Waals surface area contributed by atoms with Crippen molar-refractivity contribution in [2.75, 3.05) is 7.05 Å². The van der Waals surface area contributed by atoms with Crippen LogP contribution in [-0.4, -0.2) is 34.2 Å². The Labute approximate surface area is 148 Å². The van der Waals surface area contributed by atoms with E-state index in [1.54, 1.807) is 49.2 Å². The molecule has 2 aromatic rings. The van der Waals surface area contributed by atoms with Crippen LogP contribution in [0.2, 0.25) is 4.34 Å². The summed E-state index contributed by atoms with van der Waals surface area (Å²) in [5.74, 6) is -1.05. The molecule has 1 aromatic carbocycles. The molecule has 1 N–H and O–H groups in total. The second-order valence-electron chi connectivity index (χ2n) is 4.96. The Balaban J connectivity index is 2.16. The molecule has 0 aliphatic heterocycles. The van der Waals surface area contributed by atoms with Crippen LogP contribution in [0.25, 0.3) is 0 Å². The molecule has 1 heterocycles. The first-order chi connectivity index (χ1) is 10.9. The van der Waals surface area contributed by atoms with E-state index in [2.05, 4.69) is 0 Å². The fraction of sp³-hybridized carbons (Fsp3) is 0.250. The zero-order valence-corrected chi connectivity index (χ0v) is 15.0. The molecule has 1 atom stereocenters. The van der Waals surface area contributed by atoms with Crippen molar-refractivity contribution in [3.63, 3.8) is 0 Å². The summed E-state index contributed by atoms with van der Waals surface area (Å²) in [6, 6.07) is 10.8. The number of hydrogen-bond acceptors (Lipinski definition) is 4. The summed E-state index contributed by atoms with van der Waals surface area (Å²) in [6.07, 6.45) is 0. The fourth-order valence-corrected chi connectivity index (χ4v) is 4.00. The van der Waals surface area contributed by atoms with Crippen LogP contribution in [-0.2, 0) is 11.3 Å². The molecule has 1 aromatic heterocycles. The van der Waals surface area contributed by atoms with E-state index in [0.29, 0.717) is 21.3 Å². The zero-order chi connectivity index (χ0) is 17.0. The lowest BCUT2D eigenvalue weighted by molar-refractivity contribution is -0.136. The molecule has 7 heteroatoms. The Kier molecular flexibility index (Phi) is 6.10. The maximum absolute atomic E-state index is 12.7. The molecule has 0 saturated heterocycles. The van der Waals surface area contributed by atoms with Crippen LogP contribution in [0.1, 0.15) is 22.2 Å². The van der Waals surface area contributed by atoms with E-state index >= 15 is 0 Å². The van der Waals surface area contributed by atoms with Gasteiger partial charge in [0.25, 0.3) is 5.91 Å². The average Bonchev–Trinajstić information content (AvgIpc) is 2.92. The minimum atomic E-state index is -0.904. The normalized spacial score (nSPS) is 12.0. The lowest BCUT2D eigenvalue weighted by atomic mass is 10.2. The molecule has 23 heavy (non-hydrogen) atoms. The van der Waals surface area contributed by atoms with Crippen molar-refractivity contribution in [2.45, 2.75) is 23.6 Å². The van der Waals surface area contributed by atoms with Gasteiger partial charge < -0.3 is 10.0 Å². The number of halogens is 1. The summed E-state index contributed by atoms with van der Waals surface area (Å²) < 4.78 is 0.687. The number of thiophene rings is 1. The van der Waals surface area contributed by atoms with Gasteiger partial charge in [-0.05, 0) is 31.2 Å². The summed E-state index contributed by atoms with van der Waals surface area (Å²) in [7, 11) is 1.72. The Morgan fingerprint density at radius 2 is 2.00 bits per heavy atom. The molecule has 0 saturated carbocycles. The Bertz CT molecular complexity index is 717. The molecule has 1 amide bonds. The molecule has 4 nitrogen and oxygen atoms in total. The highest BCUT2D eigenvalue weighted by atomic mass is 35.5. The van der Waals surface area contributed by atoms with E-state index in [-0.39, 0.29) is 5.91 Å². The molecule has 0 spiro atoms. The molecule has 0 fully saturated rings. The Morgan fingerprint density at radius 3 is 2.61 bits per heavy atom. The monoisotopic (exact) mass is 369 g/mol. The summed E-state index contributed by atoms with van der Waals surface area (Å²) >= 11 is 8.51. The van der Waals surface area contributed by atoms with Gasteiger partial charge in [-0.1, -0.05) is 23.7 Å². The molecule has 0 aliphatic rings. The van der Waals surface area contributed by atoms with Gasteiger partial charge >= 0.3 is 5.97 Å². The quantitative estimate of drug-likeness (QED) is 0.774. The maximum atomic E-state index is 12.7. The van der Waals surface area contributed by atoms with Crippen LogP contribution >= 0.6 is 34.7 Å². The molecule has 122 valence electrons. The number of carboxylic acid groups (broad SMARTS) is 1. The van der Waals surface area contributed by atoms with Gasteiger partial charge in [0, 0.05) is 16.8 Å². The van der Waals surface area contributed by atoms with Gasteiger partial charge in [-0.15, -0.1) is 23.1 Å². The van der Waals surface area contributed by atoms with Gasteiger partial charge in [-0.25, -0.2) is 0 Å². The highest BCUT2D eigenvalue weighted by Crippen LogP contribution is 2.28. The first-order valence-electron chi connectivity index (χ1n) is 6.86. The highest BCUT2D eigenvalue weighted by Gasteiger charge is 2.20. The number of benzene rings is 1. The smallest absolute Gasteiger partial charge is 0.316 e. The van der Waals surface area contributed by atoms with Crippen LogP contribution in [0.5, 0.6) is 0 Å². The molecular weight excluding hydrogens is 354 g/mol. The summed E-state index contributed by atoms with van der Waals surface area (Å²) in [5, 5.41) is 8.43. The van der Waals surface area contributed by atoms with Crippen molar-refractivity contribution in [3.8, 4) is 0 Å². The van der Waals surface area contributed by atoms with Crippen molar-refractivity contribution in [3.05, 3.63) is 51.2 Å². The van der Waals surface area contributed by atoms with Crippen molar-refractivity contribution >= 4 is 46.6 Å². The highest BCUT2D eigenvalue weighted by molar-refractivity contribution is 8.00. The number of amides is 1. The number of hydrogen-bond donors (Lipinski definition) is 1. The van der Waals surface area contributed by atoms with Crippen molar-refractivity contribution in [1.82, 2.24) is 4.90 Å². The lowest BCUT2D eigenvalue weighted by Gasteiger charge is -2.18. The van der Waals surface area contributed by atoms with Crippen molar-refractivity contribution < 1.29 is 14.7 Å². The molecule has 0 radical (unpaired) electrons. The van der Waals surface area contributed by atoms with Crippen LogP contribution in [0, 0.1) is 0 Å². The first-order valence-corrected chi connectivity index (χ1v) is 8.94. The average molecular weight is 370 g/mol. The van der Waals surface area contributed by atoms with Gasteiger partial charge in [0.1, 0.15) is 5.25 Å². The number of rotatable bonds is 6. The van der Waals surface area contributed by atoms with Gasteiger partial charge in [-0.3, -0.25) is 9.59 Å². The number of carbonyl (C=O) groups excluding carboxylic acids is 1. The number of carboxylic acids is 1.